The van der Waals surface area contributed by atoms with Gasteiger partial charge in [-0.3, -0.25) is 10.1 Å². The number of rotatable bonds is 5. The minimum atomic E-state index is -0.466. The number of nitrogens with zero attached hydrogens (tertiary/aromatic N) is 6. The van der Waals surface area contributed by atoms with Gasteiger partial charge in [-0.2, -0.15) is 5.10 Å². The van der Waals surface area contributed by atoms with Crippen LogP contribution in [0.2, 0.25) is 0 Å². The molecule has 11 heteroatoms. The molecule has 0 saturated carbocycles. The molecule has 4 N–H and O–H groups in total. The number of nitrogen functional groups attached to an aromatic ring is 1. The van der Waals surface area contributed by atoms with Gasteiger partial charge in [0.2, 0.25) is 0 Å². The first-order valence-corrected chi connectivity index (χ1v) is 6.31. The highest BCUT2D eigenvalue weighted by atomic mass is 16.6. The standard InChI is InChI=1S/C12H14N8O3/c1-19(2)8-4-3-7(5-9(8)20(21)22)6-15-16-11(13)10-12(14)18-23-17-10/h3-6H,1-2H3,(H2,13,16)(H2,14,18)/b15-6-. The van der Waals surface area contributed by atoms with Gasteiger partial charge in [-0.1, -0.05) is 6.07 Å². The Morgan fingerprint density at radius 3 is 2.74 bits per heavy atom. The van der Waals surface area contributed by atoms with Crippen molar-refractivity contribution in [3.63, 3.8) is 0 Å². The fourth-order valence-electron chi connectivity index (χ4n) is 1.72. The average molecular weight is 318 g/mol. The van der Waals surface area contributed by atoms with Gasteiger partial charge < -0.3 is 16.4 Å². The van der Waals surface area contributed by atoms with E-state index in [-0.39, 0.29) is 23.0 Å². The molecule has 120 valence electrons. The SMILES string of the molecule is CN(C)c1ccc(/C=N\N=C(\N)c2nonc2N)cc1[N+](=O)[O-]. The van der Waals surface area contributed by atoms with Crippen LogP contribution < -0.4 is 16.4 Å². The molecule has 0 bridgehead atoms. The maximum atomic E-state index is 11.1. The maximum absolute atomic E-state index is 11.1. The van der Waals surface area contributed by atoms with Crippen LogP contribution in [0.25, 0.3) is 0 Å². The highest BCUT2D eigenvalue weighted by molar-refractivity contribution is 5.99. The zero-order chi connectivity index (χ0) is 17.0. The Morgan fingerprint density at radius 1 is 1.43 bits per heavy atom. The molecule has 0 fully saturated rings. The lowest BCUT2D eigenvalue weighted by Gasteiger charge is -2.12. The molecule has 0 aliphatic heterocycles. The number of benzene rings is 1. The van der Waals surface area contributed by atoms with Crippen LogP contribution in [0.1, 0.15) is 11.3 Å². The molecule has 1 heterocycles. The summed E-state index contributed by atoms with van der Waals surface area (Å²) >= 11 is 0. The smallest absolute Gasteiger partial charge is 0.293 e. The van der Waals surface area contributed by atoms with Gasteiger partial charge in [0.25, 0.3) is 5.69 Å². The van der Waals surface area contributed by atoms with E-state index in [1.807, 2.05) is 0 Å². The number of nitrogens with two attached hydrogens (primary N) is 2. The van der Waals surface area contributed by atoms with E-state index in [4.69, 9.17) is 11.5 Å². The molecular formula is C12H14N8O3. The third-order valence-corrected chi connectivity index (χ3v) is 2.81. The van der Waals surface area contributed by atoms with E-state index in [0.717, 1.165) is 0 Å². The van der Waals surface area contributed by atoms with Crippen molar-refractivity contribution < 1.29 is 9.55 Å². The minimum absolute atomic E-state index is 0.00702. The predicted molar refractivity (Wildman–Crippen MR) is 84.5 cm³/mol. The topological polar surface area (TPSA) is 162 Å². The first-order chi connectivity index (χ1) is 10.9. The molecule has 1 aromatic heterocycles. The van der Waals surface area contributed by atoms with Crippen molar-refractivity contribution in [2.75, 3.05) is 24.7 Å². The summed E-state index contributed by atoms with van der Waals surface area (Å²) < 4.78 is 4.39. The van der Waals surface area contributed by atoms with Crippen LogP contribution in [-0.4, -0.2) is 41.4 Å². The normalized spacial score (nSPS) is 11.8. The zero-order valence-corrected chi connectivity index (χ0v) is 12.4. The molecular weight excluding hydrogens is 304 g/mol. The zero-order valence-electron chi connectivity index (χ0n) is 12.4. The first-order valence-electron chi connectivity index (χ1n) is 6.31. The average Bonchev–Trinajstić information content (AvgIpc) is 2.93. The Morgan fingerprint density at radius 2 is 2.17 bits per heavy atom. The monoisotopic (exact) mass is 318 g/mol. The molecule has 0 saturated heterocycles. The predicted octanol–water partition coefficient (Wildman–Crippen LogP) is 0.365. The van der Waals surface area contributed by atoms with E-state index in [0.29, 0.717) is 11.3 Å². The number of nitro benzene ring substituents is 1. The molecule has 0 aliphatic rings. The molecule has 0 spiro atoms. The number of hydrogen-bond donors (Lipinski definition) is 2. The summed E-state index contributed by atoms with van der Waals surface area (Å²) in [6.07, 6.45) is 1.32. The maximum Gasteiger partial charge on any atom is 0.293 e. The fourth-order valence-corrected chi connectivity index (χ4v) is 1.72. The molecule has 0 radical (unpaired) electrons. The van der Waals surface area contributed by atoms with E-state index < -0.39 is 4.92 Å². The van der Waals surface area contributed by atoms with Crippen LogP contribution in [0.4, 0.5) is 17.2 Å². The van der Waals surface area contributed by atoms with Crippen LogP contribution in [0, 0.1) is 10.1 Å². The van der Waals surface area contributed by atoms with Gasteiger partial charge in [-0.15, -0.1) is 5.10 Å². The molecule has 11 nitrogen and oxygen atoms in total. The summed E-state index contributed by atoms with van der Waals surface area (Å²) in [5.74, 6) is -0.0909. The summed E-state index contributed by atoms with van der Waals surface area (Å²) in [7, 11) is 3.44. The molecule has 0 unspecified atom stereocenters. The lowest BCUT2D eigenvalue weighted by molar-refractivity contribution is -0.384. The van der Waals surface area contributed by atoms with Crippen molar-refractivity contribution in [3.05, 3.63) is 39.6 Å². The van der Waals surface area contributed by atoms with E-state index in [9.17, 15) is 10.1 Å². The molecule has 2 aromatic rings. The van der Waals surface area contributed by atoms with Crippen LogP contribution in [-0.2, 0) is 0 Å². The lowest BCUT2D eigenvalue weighted by Crippen LogP contribution is -2.15. The summed E-state index contributed by atoms with van der Waals surface area (Å²) in [6, 6.07) is 4.67. The van der Waals surface area contributed by atoms with Gasteiger partial charge in [0.15, 0.2) is 17.3 Å². The van der Waals surface area contributed by atoms with Crippen molar-refractivity contribution in [3.8, 4) is 0 Å². The van der Waals surface area contributed by atoms with Gasteiger partial charge in [0.05, 0.1) is 11.1 Å². The van der Waals surface area contributed by atoms with Crippen molar-refractivity contribution in [1.82, 2.24) is 10.3 Å². The number of anilines is 2. The van der Waals surface area contributed by atoms with Gasteiger partial charge in [0.1, 0.15) is 5.69 Å². The summed E-state index contributed by atoms with van der Waals surface area (Å²) in [4.78, 5) is 12.3. The summed E-state index contributed by atoms with van der Waals surface area (Å²) in [5, 5.41) is 25.4. The lowest BCUT2D eigenvalue weighted by atomic mass is 10.2. The molecule has 0 atom stereocenters. The van der Waals surface area contributed by atoms with E-state index in [1.54, 1.807) is 31.1 Å². The molecule has 23 heavy (non-hydrogen) atoms. The van der Waals surface area contributed by atoms with Crippen LogP contribution in [0.3, 0.4) is 0 Å². The Hall–Kier alpha value is -3.50. The van der Waals surface area contributed by atoms with Crippen LogP contribution >= 0.6 is 0 Å². The second kappa shape index (κ2) is 6.51. The Kier molecular flexibility index (Phi) is 4.50. The first kappa shape index (κ1) is 15.9. The van der Waals surface area contributed by atoms with Gasteiger partial charge in [-0.05, 0) is 16.4 Å². The van der Waals surface area contributed by atoms with Crippen molar-refractivity contribution in [2.45, 2.75) is 0 Å². The molecule has 2 rings (SSSR count). The summed E-state index contributed by atoms with van der Waals surface area (Å²) in [6.45, 7) is 0. The third-order valence-electron chi connectivity index (χ3n) is 2.81. The van der Waals surface area contributed by atoms with Crippen molar-refractivity contribution in [2.24, 2.45) is 15.9 Å². The van der Waals surface area contributed by atoms with Gasteiger partial charge in [0, 0.05) is 25.7 Å². The third kappa shape index (κ3) is 3.58. The van der Waals surface area contributed by atoms with Gasteiger partial charge >= 0.3 is 0 Å². The summed E-state index contributed by atoms with van der Waals surface area (Å²) in [5.41, 5.74) is 12.1. The van der Waals surface area contributed by atoms with Crippen LogP contribution in [0.5, 0.6) is 0 Å². The Bertz CT molecular complexity index is 780. The number of aromatic nitrogens is 2. The second-order valence-electron chi connectivity index (χ2n) is 4.63. The van der Waals surface area contributed by atoms with Crippen molar-refractivity contribution in [1.29, 1.82) is 0 Å². The molecule has 0 amide bonds. The van der Waals surface area contributed by atoms with Crippen molar-refractivity contribution >= 4 is 29.2 Å². The molecule has 0 aliphatic carbocycles. The quantitative estimate of drug-likeness (QED) is 0.345. The second-order valence-corrected chi connectivity index (χ2v) is 4.63. The Balaban J connectivity index is 2.25. The highest BCUT2D eigenvalue weighted by Crippen LogP contribution is 2.27. The number of nitro groups is 1. The van der Waals surface area contributed by atoms with E-state index >= 15 is 0 Å². The van der Waals surface area contributed by atoms with E-state index in [1.165, 1.54) is 12.3 Å². The minimum Gasteiger partial charge on any atom is -0.380 e. The Labute approximate surface area is 130 Å². The number of hydrogen-bond acceptors (Lipinski definition) is 9. The highest BCUT2D eigenvalue weighted by Gasteiger charge is 2.15. The van der Waals surface area contributed by atoms with Gasteiger partial charge in [-0.25, -0.2) is 4.63 Å². The molecule has 1 aromatic carbocycles. The fraction of sp³-hybridized carbons (Fsp3) is 0.167. The van der Waals surface area contributed by atoms with E-state index in [2.05, 4.69) is 25.1 Å². The van der Waals surface area contributed by atoms with Crippen LogP contribution in [0.15, 0.2) is 33.0 Å². The number of amidine groups is 1. The largest absolute Gasteiger partial charge is 0.380 e.